The average Bonchev–Trinajstić information content (AvgIpc) is 3.08. The van der Waals surface area contributed by atoms with Gasteiger partial charge < -0.3 is 20.8 Å². The maximum atomic E-state index is 13.0. The van der Waals surface area contributed by atoms with Gasteiger partial charge in [-0.15, -0.1) is 0 Å². The summed E-state index contributed by atoms with van der Waals surface area (Å²) in [7, 11) is 0. The largest absolute Gasteiger partial charge is 0.432 e. The van der Waals surface area contributed by atoms with E-state index >= 15 is 0 Å². The Labute approximate surface area is 176 Å². The highest BCUT2D eigenvalue weighted by Gasteiger charge is 2.30. The summed E-state index contributed by atoms with van der Waals surface area (Å²) < 4.78 is 45.4. The van der Waals surface area contributed by atoms with Crippen molar-refractivity contribution in [2.75, 3.05) is 11.1 Å². The van der Waals surface area contributed by atoms with Crippen LogP contribution in [0.3, 0.4) is 0 Å². The molecule has 3 rings (SSSR count). The maximum absolute atomic E-state index is 13.0. The van der Waals surface area contributed by atoms with Crippen LogP contribution in [-0.2, 0) is 12.7 Å². The molecule has 0 saturated heterocycles. The van der Waals surface area contributed by atoms with Crippen molar-refractivity contribution in [3.63, 3.8) is 0 Å². The van der Waals surface area contributed by atoms with E-state index in [-0.39, 0.29) is 10.8 Å². The minimum atomic E-state index is -4.41. The molecule has 0 saturated carbocycles. The van der Waals surface area contributed by atoms with Gasteiger partial charge in [-0.1, -0.05) is 24.3 Å². The Morgan fingerprint density at radius 1 is 1.27 bits per heavy atom. The van der Waals surface area contributed by atoms with Crippen LogP contribution in [0.25, 0.3) is 0 Å². The Morgan fingerprint density at radius 3 is 2.67 bits per heavy atom. The lowest BCUT2D eigenvalue weighted by molar-refractivity contribution is -0.137. The van der Waals surface area contributed by atoms with Crippen LogP contribution in [0.2, 0.25) is 0 Å². The fourth-order valence-electron chi connectivity index (χ4n) is 2.93. The number of thiocarbonyl (C=S) groups is 1. The van der Waals surface area contributed by atoms with E-state index in [1.54, 1.807) is 35.9 Å². The number of aromatic nitrogens is 1. The SMILES string of the molecule is CC(NC(=S)Nc1c(N)cccc1Cn1ccoc1=N)c1cccc(C(F)(F)F)c1. The van der Waals surface area contributed by atoms with Gasteiger partial charge in [-0.05, 0) is 48.5 Å². The molecule has 0 fully saturated rings. The zero-order chi connectivity index (χ0) is 21.9. The van der Waals surface area contributed by atoms with Gasteiger partial charge >= 0.3 is 6.18 Å². The van der Waals surface area contributed by atoms with Gasteiger partial charge in [0.15, 0.2) is 5.11 Å². The summed E-state index contributed by atoms with van der Waals surface area (Å²) in [5.74, 6) is 0. The van der Waals surface area contributed by atoms with E-state index in [2.05, 4.69) is 10.6 Å². The van der Waals surface area contributed by atoms with Crippen LogP contribution in [0.4, 0.5) is 24.5 Å². The van der Waals surface area contributed by atoms with Crippen LogP contribution in [0.15, 0.2) is 59.3 Å². The number of para-hydroxylation sites is 1. The minimum Gasteiger partial charge on any atom is -0.432 e. The summed E-state index contributed by atoms with van der Waals surface area (Å²) in [6, 6.07) is 9.92. The van der Waals surface area contributed by atoms with E-state index in [1.165, 1.54) is 12.3 Å². The molecule has 158 valence electrons. The third-order valence-corrected chi connectivity index (χ3v) is 4.73. The number of halogens is 3. The van der Waals surface area contributed by atoms with Crippen molar-refractivity contribution in [2.24, 2.45) is 0 Å². The van der Waals surface area contributed by atoms with Crippen molar-refractivity contribution >= 4 is 28.7 Å². The van der Waals surface area contributed by atoms with Crippen molar-refractivity contribution in [3.05, 3.63) is 77.3 Å². The van der Waals surface area contributed by atoms with Crippen LogP contribution in [0.5, 0.6) is 0 Å². The zero-order valence-corrected chi connectivity index (χ0v) is 16.8. The third kappa shape index (κ3) is 5.01. The zero-order valence-electron chi connectivity index (χ0n) is 16.0. The van der Waals surface area contributed by atoms with E-state index < -0.39 is 17.8 Å². The average molecular weight is 435 g/mol. The Kier molecular flexibility index (Phi) is 6.16. The molecule has 5 N–H and O–H groups in total. The van der Waals surface area contributed by atoms with Crippen LogP contribution in [0, 0.1) is 5.41 Å². The summed E-state index contributed by atoms with van der Waals surface area (Å²) in [4.78, 5) is 0. The maximum Gasteiger partial charge on any atom is 0.416 e. The lowest BCUT2D eigenvalue weighted by atomic mass is 10.1. The molecule has 0 aliphatic rings. The van der Waals surface area contributed by atoms with Gasteiger partial charge in [0.05, 0.1) is 29.5 Å². The fourth-order valence-corrected chi connectivity index (χ4v) is 3.21. The number of anilines is 2. The molecule has 0 bridgehead atoms. The molecule has 3 aromatic rings. The van der Waals surface area contributed by atoms with Gasteiger partial charge in [-0.2, -0.15) is 13.2 Å². The number of nitrogens with two attached hydrogens (primary N) is 1. The molecule has 0 radical (unpaired) electrons. The first-order valence-corrected chi connectivity index (χ1v) is 9.36. The van der Waals surface area contributed by atoms with E-state index in [0.717, 1.165) is 17.7 Å². The molecular formula is C20H20F3N5OS. The highest BCUT2D eigenvalue weighted by molar-refractivity contribution is 7.80. The Bertz CT molecular complexity index is 1110. The van der Waals surface area contributed by atoms with Crippen LogP contribution < -0.4 is 22.1 Å². The molecule has 1 atom stereocenters. The van der Waals surface area contributed by atoms with Gasteiger partial charge in [0.2, 0.25) is 0 Å². The van der Waals surface area contributed by atoms with Crippen LogP contribution in [0.1, 0.15) is 29.7 Å². The lowest BCUT2D eigenvalue weighted by Crippen LogP contribution is -2.32. The van der Waals surface area contributed by atoms with E-state index in [4.69, 9.17) is 27.8 Å². The molecule has 2 aromatic carbocycles. The highest BCUT2D eigenvalue weighted by Crippen LogP contribution is 2.31. The number of nitrogen functional groups attached to an aromatic ring is 1. The number of oxazole rings is 1. The Hall–Kier alpha value is -3.27. The number of hydrogen-bond donors (Lipinski definition) is 4. The number of nitrogens with one attached hydrogen (secondary N) is 3. The minimum absolute atomic E-state index is 0.0118. The Morgan fingerprint density at radius 2 is 2.00 bits per heavy atom. The molecule has 30 heavy (non-hydrogen) atoms. The molecule has 0 aliphatic heterocycles. The predicted octanol–water partition coefficient (Wildman–Crippen LogP) is 4.26. The first-order chi connectivity index (χ1) is 14.1. The first kappa shape index (κ1) is 21.4. The molecule has 0 aliphatic carbocycles. The number of alkyl halides is 3. The molecule has 0 amide bonds. The van der Waals surface area contributed by atoms with Crippen molar-refractivity contribution in [3.8, 4) is 0 Å². The summed E-state index contributed by atoms with van der Waals surface area (Å²) in [5.41, 5.74) is 7.58. The summed E-state index contributed by atoms with van der Waals surface area (Å²) in [6.07, 6.45) is -1.38. The van der Waals surface area contributed by atoms with Crippen molar-refractivity contribution in [2.45, 2.75) is 25.7 Å². The van der Waals surface area contributed by atoms with Crippen LogP contribution in [-0.4, -0.2) is 9.68 Å². The van der Waals surface area contributed by atoms with Crippen molar-refractivity contribution < 1.29 is 17.6 Å². The molecule has 6 nitrogen and oxygen atoms in total. The molecule has 1 aromatic heterocycles. The number of hydrogen-bond acceptors (Lipinski definition) is 4. The lowest BCUT2D eigenvalue weighted by Gasteiger charge is -2.20. The quantitative estimate of drug-likeness (QED) is 0.355. The molecular weight excluding hydrogens is 415 g/mol. The van der Waals surface area contributed by atoms with E-state index in [9.17, 15) is 13.2 Å². The molecule has 10 heteroatoms. The second-order valence-corrected chi connectivity index (χ2v) is 7.07. The Balaban J connectivity index is 1.75. The van der Waals surface area contributed by atoms with Gasteiger partial charge in [0, 0.05) is 6.20 Å². The molecule has 1 unspecified atom stereocenters. The summed E-state index contributed by atoms with van der Waals surface area (Å²) >= 11 is 5.35. The van der Waals surface area contributed by atoms with E-state index in [0.29, 0.717) is 23.5 Å². The van der Waals surface area contributed by atoms with Gasteiger partial charge in [0.1, 0.15) is 6.26 Å². The second-order valence-electron chi connectivity index (χ2n) is 6.66. The highest BCUT2D eigenvalue weighted by atomic mass is 32.1. The standard InChI is InChI=1S/C20H20F3N5OS/c1-12(13-4-2-6-15(10-13)20(21,22)23)26-19(30)27-17-14(5-3-7-16(17)24)11-28-8-9-29-18(28)25/h2-10,12,25H,11,24H2,1H3,(H2,26,27,30). The summed E-state index contributed by atoms with van der Waals surface area (Å²) in [5, 5.41) is 14.0. The topological polar surface area (TPSA) is 92.0 Å². The molecule has 1 heterocycles. The van der Waals surface area contributed by atoms with Gasteiger partial charge in [-0.25, -0.2) is 0 Å². The normalized spacial score (nSPS) is 12.4. The second kappa shape index (κ2) is 8.62. The van der Waals surface area contributed by atoms with Crippen molar-refractivity contribution in [1.29, 1.82) is 5.41 Å². The predicted molar refractivity (Wildman–Crippen MR) is 112 cm³/mol. The van der Waals surface area contributed by atoms with Gasteiger partial charge in [-0.3, -0.25) is 9.98 Å². The van der Waals surface area contributed by atoms with Crippen LogP contribution >= 0.6 is 12.2 Å². The smallest absolute Gasteiger partial charge is 0.416 e. The fraction of sp³-hybridized carbons (Fsp3) is 0.200. The van der Waals surface area contributed by atoms with E-state index in [1.807, 2.05) is 6.07 Å². The van der Waals surface area contributed by atoms with Crippen molar-refractivity contribution in [1.82, 2.24) is 9.88 Å². The third-order valence-electron chi connectivity index (χ3n) is 4.51. The first-order valence-electron chi connectivity index (χ1n) is 8.95. The number of nitrogens with zero attached hydrogens (tertiary/aromatic N) is 1. The molecule has 0 spiro atoms. The monoisotopic (exact) mass is 435 g/mol. The number of benzene rings is 2. The number of rotatable bonds is 5. The summed E-state index contributed by atoms with van der Waals surface area (Å²) in [6.45, 7) is 2.04. The van der Waals surface area contributed by atoms with Gasteiger partial charge in [0.25, 0.3) is 5.68 Å².